The van der Waals surface area contributed by atoms with Crippen LogP contribution in [0.15, 0.2) is 11.6 Å². The van der Waals surface area contributed by atoms with E-state index in [0.29, 0.717) is 6.42 Å². The van der Waals surface area contributed by atoms with Gasteiger partial charge in [-0.05, 0) is 19.4 Å². The van der Waals surface area contributed by atoms with E-state index in [4.69, 9.17) is 10.2 Å². The molecule has 1 aliphatic rings. The lowest BCUT2D eigenvalue weighted by molar-refractivity contribution is -0.119. The third-order valence-electron chi connectivity index (χ3n) is 2.44. The van der Waals surface area contributed by atoms with Crippen molar-refractivity contribution in [2.24, 2.45) is 11.8 Å². The molecule has 0 saturated heterocycles. The van der Waals surface area contributed by atoms with E-state index in [1.54, 1.807) is 6.08 Å². The van der Waals surface area contributed by atoms with Gasteiger partial charge in [-0.15, -0.1) is 0 Å². The maximum absolute atomic E-state index is 11.2. The Bertz CT molecular complexity index is 208. The SMILES string of the molecule is CC1=CC(=O)[C@H](CCO)[C@@H]1CO. The molecule has 0 aromatic rings. The molecule has 0 amide bonds. The maximum Gasteiger partial charge on any atom is 0.159 e. The molecular formula is C9H14O3. The van der Waals surface area contributed by atoms with Crippen molar-refractivity contribution in [1.82, 2.24) is 0 Å². The Morgan fingerprint density at radius 2 is 2.08 bits per heavy atom. The Labute approximate surface area is 71.7 Å². The van der Waals surface area contributed by atoms with Gasteiger partial charge in [-0.25, -0.2) is 0 Å². The molecule has 0 fully saturated rings. The smallest absolute Gasteiger partial charge is 0.159 e. The minimum absolute atomic E-state index is 0.00125. The van der Waals surface area contributed by atoms with Gasteiger partial charge in [0.25, 0.3) is 0 Å². The summed E-state index contributed by atoms with van der Waals surface area (Å²) >= 11 is 0. The number of allylic oxidation sites excluding steroid dienone is 1. The second-order valence-electron chi connectivity index (χ2n) is 3.20. The summed E-state index contributed by atoms with van der Waals surface area (Å²) in [7, 11) is 0. The predicted molar refractivity (Wildman–Crippen MR) is 44.5 cm³/mol. The number of rotatable bonds is 3. The summed E-state index contributed by atoms with van der Waals surface area (Å²) in [5, 5.41) is 17.7. The Morgan fingerprint density at radius 1 is 1.42 bits per heavy atom. The van der Waals surface area contributed by atoms with Crippen molar-refractivity contribution in [3.63, 3.8) is 0 Å². The van der Waals surface area contributed by atoms with E-state index in [0.717, 1.165) is 5.57 Å². The zero-order valence-corrected chi connectivity index (χ0v) is 7.16. The molecule has 68 valence electrons. The normalized spacial score (nSPS) is 29.2. The Balaban J connectivity index is 2.69. The van der Waals surface area contributed by atoms with Crippen LogP contribution in [-0.2, 0) is 4.79 Å². The minimum Gasteiger partial charge on any atom is -0.396 e. The summed E-state index contributed by atoms with van der Waals surface area (Å²) in [6, 6.07) is 0. The van der Waals surface area contributed by atoms with Crippen LogP contribution >= 0.6 is 0 Å². The third-order valence-corrected chi connectivity index (χ3v) is 2.44. The molecule has 2 atom stereocenters. The predicted octanol–water partition coefficient (Wildman–Crippen LogP) is 0.123. The first-order valence-corrected chi connectivity index (χ1v) is 4.14. The summed E-state index contributed by atoms with van der Waals surface area (Å²) in [6.07, 6.45) is 2.03. The molecule has 0 aliphatic heterocycles. The second-order valence-corrected chi connectivity index (χ2v) is 3.20. The van der Waals surface area contributed by atoms with Gasteiger partial charge in [0.05, 0.1) is 6.61 Å². The molecule has 0 heterocycles. The van der Waals surface area contributed by atoms with Crippen LogP contribution in [0.3, 0.4) is 0 Å². The van der Waals surface area contributed by atoms with E-state index in [9.17, 15) is 4.79 Å². The monoisotopic (exact) mass is 170 g/mol. The third kappa shape index (κ3) is 1.57. The fourth-order valence-corrected chi connectivity index (χ4v) is 1.71. The minimum atomic E-state index is -0.194. The molecule has 12 heavy (non-hydrogen) atoms. The number of ketones is 1. The maximum atomic E-state index is 11.2. The molecule has 2 N–H and O–H groups in total. The van der Waals surface area contributed by atoms with Crippen LogP contribution in [0.4, 0.5) is 0 Å². The van der Waals surface area contributed by atoms with E-state index >= 15 is 0 Å². The number of aliphatic hydroxyl groups is 2. The van der Waals surface area contributed by atoms with Gasteiger partial charge in [-0.1, -0.05) is 5.57 Å². The first kappa shape index (κ1) is 9.42. The first-order valence-electron chi connectivity index (χ1n) is 4.14. The zero-order valence-electron chi connectivity index (χ0n) is 7.16. The van der Waals surface area contributed by atoms with Crippen molar-refractivity contribution >= 4 is 5.78 Å². The van der Waals surface area contributed by atoms with Gasteiger partial charge in [0.1, 0.15) is 0 Å². The van der Waals surface area contributed by atoms with Crippen LogP contribution in [-0.4, -0.2) is 29.2 Å². The first-order chi connectivity index (χ1) is 5.70. The Morgan fingerprint density at radius 3 is 2.58 bits per heavy atom. The van der Waals surface area contributed by atoms with Gasteiger partial charge in [-0.2, -0.15) is 0 Å². The van der Waals surface area contributed by atoms with Gasteiger partial charge in [0.2, 0.25) is 0 Å². The van der Waals surface area contributed by atoms with Gasteiger partial charge in [-0.3, -0.25) is 4.79 Å². The summed E-state index contributed by atoms with van der Waals surface area (Å²) in [6.45, 7) is 1.85. The second kappa shape index (κ2) is 3.83. The Kier molecular flexibility index (Phi) is 3.00. The molecule has 3 heteroatoms. The fourth-order valence-electron chi connectivity index (χ4n) is 1.71. The number of carbonyl (C=O) groups is 1. The average molecular weight is 170 g/mol. The molecule has 0 aromatic carbocycles. The van der Waals surface area contributed by atoms with Gasteiger partial charge in [0.15, 0.2) is 5.78 Å². The van der Waals surface area contributed by atoms with Gasteiger partial charge in [0, 0.05) is 18.4 Å². The van der Waals surface area contributed by atoms with Crippen molar-refractivity contribution in [2.75, 3.05) is 13.2 Å². The number of hydrogen-bond donors (Lipinski definition) is 2. The largest absolute Gasteiger partial charge is 0.396 e. The lowest BCUT2D eigenvalue weighted by Gasteiger charge is -2.16. The molecule has 3 nitrogen and oxygen atoms in total. The highest BCUT2D eigenvalue weighted by atomic mass is 16.3. The number of aliphatic hydroxyl groups excluding tert-OH is 2. The van der Waals surface area contributed by atoms with Crippen molar-refractivity contribution in [3.05, 3.63) is 11.6 Å². The van der Waals surface area contributed by atoms with Crippen LogP contribution in [0, 0.1) is 11.8 Å². The van der Waals surface area contributed by atoms with Gasteiger partial charge < -0.3 is 10.2 Å². The van der Waals surface area contributed by atoms with Crippen LogP contribution < -0.4 is 0 Å². The summed E-state index contributed by atoms with van der Waals surface area (Å²) in [5.74, 6) is -0.217. The molecule has 0 bridgehead atoms. The molecule has 0 aromatic heterocycles. The lowest BCUT2D eigenvalue weighted by Crippen LogP contribution is -2.21. The molecule has 0 saturated carbocycles. The molecule has 0 spiro atoms. The van der Waals surface area contributed by atoms with E-state index in [1.807, 2.05) is 6.92 Å². The summed E-state index contributed by atoms with van der Waals surface area (Å²) in [5.41, 5.74) is 0.931. The Hall–Kier alpha value is -0.670. The van der Waals surface area contributed by atoms with Crippen LogP contribution in [0.2, 0.25) is 0 Å². The van der Waals surface area contributed by atoms with E-state index < -0.39 is 0 Å². The zero-order chi connectivity index (χ0) is 9.14. The molecular weight excluding hydrogens is 156 g/mol. The average Bonchev–Trinajstić information content (AvgIpc) is 2.28. The van der Waals surface area contributed by atoms with Crippen LogP contribution in [0.1, 0.15) is 13.3 Å². The summed E-state index contributed by atoms with van der Waals surface area (Å²) in [4.78, 5) is 11.2. The van der Waals surface area contributed by atoms with Crippen LogP contribution in [0.25, 0.3) is 0 Å². The topological polar surface area (TPSA) is 57.5 Å². The highest BCUT2D eigenvalue weighted by Gasteiger charge is 2.32. The van der Waals surface area contributed by atoms with E-state index in [1.165, 1.54) is 0 Å². The van der Waals surface area contributed by atoms with Crippen molar-refractivity contribution < 1.29 is 15.0 Å². The van der Waals surface area contributed by atoms with Crippen molar-refractivity contribution in [2.45, 2.75) is 13.3 Å². The highest BCUT2D eigenvalue weighted by Crippen LogP contribution is 2.30. The molecule has 1 aliphatic carbocycles. The van der Waals surface area contributed by atoms with E-state index in [2.05, 4.69) is 0 Å². The highest BCUT2D eigenvalue weighted by molar-refractivity contribution is 5.95. The molecule has 0 radical (unpaired) electrons. The van der Waals surface area contributed by atoms with E-state index in [-0.39, 0.29) is 30.8 Å². The number of hydrogen-bond acceptors (Lipinski definition) is 3. The fraction of sp³-hybridized carbons (Fsp3) is 0.667. The quantitative estimate of drug-likeness (QED) is 0.632. The van der Waals surface area contributed by atoms with Crippen molar-refractivity contribution in [3.8, 4) is 0 Å². The molecule has 0 unspecified atom stereocenters. The summed E-state index contributed by atoms with van der Waals surface area (Å²) < 4.78 is 0. The standard InChI is InChI=1S/C9H14O3/c1-6-4-9(12)7(2-3-10)8(6)5-11/h4,7-8,10-11H,2-3,5H2,1H3/t7-,8-/m1/s1. The van der Waals surface area contributed by atoms with Crippen molar-refractivity contribution in [1.29, 1.82) is 0 Å². The van der Waals surface area contributed by atoms with Gasteiger partial charge >= 0.3 is 0 Å². The lowest BCUT2D eigenvalue weighted by atomic mass is 9.89. The molecule has 1 rings (SSSR count). The number of carbonyl (C=O) groups excluding carboxylic acids is 1. The van der Waals surface area contributed by atoms with Crippen LogP contribution in [0.5, 0.6) is 0 Å².